The molecule has 7 rings (SSSR count). The molecule has 0 aromatic heterocycles. The van der Waals surface area contributed by atoms with Crippen molar-refractivity contribution in [2.75, 3.05) is 14.2 Å². The van der Waals surface area contributed by atoms with E-state index in [0.717, 1.165) is 33.8 Å². The fraction of sp³-hybridized carbons (Fsp3) is 0.188. The lowest BCUT2D eigenvalue weighted by molar-refractivity contribution is 0.00355. The van der Waals surface area contributed by atoms with Crippen molar-refractivity contribution in [3.8, 4) is 11.5 Å². The van der Waals surface area contributed by atoms with Crippen LogP contribution in [0.5, 0.6) is 11.5 Å². The van der Waals surface area contributed by atoms with Gasteiger partial charge in [0.05, 0.1) is 14.2 Å². The van der Waals surface area contributed by atoms with Gasteiger partial charge in [0.25, 0.3) is 0 Å². The average Bonchev–Trinajstić information content (AvgIpc) is 3.28. The SMILES string of the molecule is COc1ccc([C@@]23c4ccccc4C(=O)C2C2C(=O)c4ccccc4[C@]23c2ccc(OC)cc2)cc1. The monoisotopic (exact) mass is 472 g/mol. The quantitative estimate of drug-likeness (QED) is 0.387. The van der Waals surface area contributed by atoms with E-state index in [2.05, 4.69) is 36.4 Å². The lowest BCUT2D eigenvalue weighted by atomic mass is 9.34. The number of benzene rings is 4. The number of hydrogen-bond donors (Lipinski definition) is 0. The van der Waals surface area contributed by atoms with Gasteiger partial charge in [-0.05, 0) is 46.5 Å². The summed E-state index contributed by atoms with van der Waals surface area (Å²) < 4.78 is 10.9. The summed E-state index contributed by atoms with van der Waals surface area (Å²) in [4.78, 5) is 28.2. The summed E-state index contributed by atoms with van der Waals surface area (Å²) in [6.07, 6.45) is 0. The Morgan fingerprint density at radius 3 is 1.25 bits per heavy atom. The Hall–Kier alpha value is -4.18. The third-order valence-corrected chi connectivity index (χ3v) is 8.78. The molecule has 3 aliphatic carbocycles. The Kier molecular flexibility index (Phi) is 4.21. The largest absolute Gasteiger partial charge is 0.497 e. The van der Waals surface area contributed by atoms with Crippen LogP contribution in [0.4, 0.5) is 0 Å². The van der Waals surface area contributed by atoms with Gasteiger partial charge in [-0.1, -0.05) is 72.8 Å². The number of rotatable bonds is 4. The first kappa shape index (κ1) is 21.1. The van der Waals surface area contributed by atoms with Crippen LogP contribution in [0.15, 0.2) is 97.1 Å². The molecular formula is C32H24O4. The van der Waals surface area contributed by atoms with E-state index < -0.39 is 22.7 Å². The molecule has 176 valence electrons. The molecule has 4 nitrogen and oxygen atoms in total. The van der Waals surface area contributed by atoms with Crippen molar-refractivity contribution in [2.24, 2.45) is 11.8 Å². The number of ketones is 2. The highest BCUT2D eigenvalue weighted by Gasteiger charge is 2.82. The fourth-order valence-corrected chi connectivity index (χ4v) is 7.60. The van der Waals surface area contributed by atoms with E-state index in [1.807, 2.05) is 60.7 Å². The van der Waals surface area contributed by atoms with Crippen LogP contribution < -0.4 is 9.47 Å². The topological polar surface area (TPSA) is 52.6 Å². The lowest BCUT2D eigenvalue weighted by Gasteiger charge is -2.64. The van der Waals surface area contributed by atoms with Gasteiger partial charge in [-0.3, -0.25) is 9.59 Å². The van der Waals surface area contributed by atoms with Crippen LogP contribution >= 0.6 is 0 Å². The first-order valence-corrected chi connectivity index (χ1v) is 12.2. The zero-order valence-corrected chi connectivity index (χ0v) is 20.0. The first-order chi connectivity index (χ1) is 17.6. The molecule has 36 heavy (non-hydrogen) atoms. The molecule has 3 aliphatic rings. The zero-order valence-electron chi connectivity index (χ0n) is 20.0. The highest BCUT2D eigenvalue weighted by molar-refractivity contribution is 6.17. The van der Waals surface area contributed by atoms with Crippen LogP contribution in [0.1, 0.15) is 43.0 Å². The van der Waals surface area contributed by atoms with Crippen molar-refractivity contribution >= 4 is 11.6 Å². The van der Waals surface area contributed by atoms with Gasteiger partial charge in [0.2, 0.25) is 0 Å². The molecule has 1 fully saturated rings. The number of carbonyl (C=O) groups excluding carboxylic acids is 2. The molecule has 0 spiro atoms. The second kappa shape index (κ2) is 7.17. The van der Waals surface area contributed by atoms with E-state index in [9.17, 15) is 9.59 Å². The second-order valence-corrected chi connectivity index (χ2v) is 9.85. The molecule has 0 heterocycles. The van der Waals surface area contributed by atoms with E-state index in [-0.39, 0.29) is 11.6 Å². The minimum atomic E-state index is -0.728. The molecular weight excluding hydrogens is 448 g/mol. The molecule has 0 aliphatic heterocycles. The first-order valence-electron chi connectivity index (χ1n) is 12.2. The van der Waals surface area contributed by atoms with Crippen molar-refractivity contribution in [2.45, 2.75) is 10.8 Å². The van der Waals surface area contributed by atoms with Gasteiger partial charge in [-0.25, -0.2) is 0 Å². The smallest absolute Gasteiger partial charge is 0.168 e. The summed E-state index contributed by atoms with van der Waals surface area (Å²) in [5.41, 5.74) is 3.98. The molecule has 1 saturated carbocycles. The van der Waals surface area contributed by atoms with Crippen LogP contribution in [-0.4, -0.2) is 25.8 Å². The molecule has 2 unspecified atom stereocenters. The molecule has 4 aromatic carbocycles. The standard InChI is InChI=1S/C32H24O4/c1-35-21-15-11-19(12-16-21)31-25-9-5-3-7-23(25)29(33)27(31)28-30(34)24-8-4-6-10-26(24)32(28,31)20-13-17-22(36-2)18-14-20/h3-18,27-28H,1-2H3/t27?,28?,31-,32-/m1/s1. The predicted octanol–water partition coefficient (Wildman–Crippen LogP) is 5.61. The Bertz CT molecular complexity index is 1430. The minimum absolute atomic E-state index is 0.0525. The number of carbonyl (C=O) groups is 2. The summed E-state index contributed by atoms with van der Waals surface area (Å²) in [7, 11) is 3.29. The number of fused-ring (bicyclic) bond motifs is 8. The van der Waals surface area contributed by atoms with Crippen LogP contribution in [-0.2, 0) is 10.8 Å². The van der Waals surface area contributed by atoms with Crippen LogP contribution in [0.3, 0.4) is 0 Å². The fourth-order valence-electron chi connectivity index (χ4n) is 7.60. The van der Waals surface area contributed by atoms with Crippen molar-refractivity contribution in [1.29, 1.82) is 0 Å². The van der Waals surface area contributed by atoms with Crippen molar-refractivity contribution in [3.05, 3.63) is 130 Å². The Morgan fingerprint density at radius 2 is 0.889 bits per heavy atom. The lowest BCUT2D eigenvalue weighted by Crippen LogP contribution is -2.70. The maximum absolute atomic E-state index is 14.1. The third-order valence-electron chi connectivity index (χ3n) is 8.78. The Morgan fingerprint density at radius 1 is 0.528 bits per heavy atom. The second-order valence-electron chi connectivity index (χ2n) is 9.85. The summed E-state index contributed by atoms with van der Waals surface area (Å²) >= 11 is 0. The number of Topliss-reactive ketones (excluding diaryl/α,β-unsaturated/α-hetero) is 2. The van der Waals surface area contributed by atoms with Gasteiger partial charge in [0, 0.05) is 33.8 Å². The van der Waals surface area contributed by atoms with E-state index >= 15 is 0 Å². The van der Waals surface area contributed by atoms with Gasteiger partial charge < -0.3 is 9.47 Å². The van der Waals surface area contributed by atoms with Crippen LogP contribution in [0.2, 0.25) is 0 Å². The Labute approximate surface area is 209 Å². The molecule has 4 heteroatoms. The zero-order chi connectivity index (χ0) is 24.7. The van der Waals surface area contributed by atoms with Gasteiger partial charge in [-0.2, -0.15) is 0 Å². The third kappa shape index (κ3) is 2.17. The summed E-state index contributed by atoms with van der Waals surface area (Å²) in [5.74, 6) is 0.646. The number of hydrogen-bond acceptors (Lipinski definition) is 4. The normalized spacial score (nSPS) is 26.9. The van der Waals surface area contributed by atoms with E-state index in [1.165, 1.54) is 0 Å². The Balaban J connectivity index is 1.64. The van der Waals surface area contributed by atoms with Gasteiger partial charge >= 0.3 is 0 Å². The maximum atomic E-state index is 14.1. The van der Waals surface area contributed by atoms with E-state index in [1.54, 1.807) is 14.2 Å². The number of methoxy groups -OCH3 is 2. The van der Waals surface area contributed by atoms with E-state index in [0.29, 0.717) is 11.1 Å². The summed E-state index contributed by atoms with van der Waals surface area (Å²) in [6, 6.07) is 31.8. The molecule has 0 amide bonds. The molecule has 4 atom stereocenters. The van der Waals surface area contributed by atoms with Gasteiger partial charge in [0.15, 0.2) is 11.6 Å². The molecule has 0 bridgehead atoms. The van der Waals surface area contributed by atoms with Crippen LogP contribution in [0.25, 0.3) is 0 Å². The highest BCUT2D eigenvalue weighted by Crippen LogP contribution is 2.77. The minimum Gasteiger partial charge on any atom is -0.497 e. The van der Waals surface area contributed by atoms with Crippen LogP contribution in [0, 0.1) is 11.8 Å². The van der Waals surface area contributed by atoms with Gasteiger partial charge in [0.1, 0.15) is 11.5 Å². The summed E-state index contributed by atoms with van der Waals surface area (Å²) in [5, 5.41) is 0. The summed E-state index contributed by atoms with van der Waals surface area (Å²) in [6.45, 7) is 0. The van der Waals surface area contributed by atoms with Crippen molar-refractivity contribution in [1.82, 2.24) is 0 Å². The van der Waals surface area contributed by atoms with E-state index in [4.69, 9.17) is 9.47 Å². The highest BCUT2D eigenvalue weighted by atomic mass is 16.5. The maximum Gasteiger partial charge on any atom is 0.168 e. The van der Waals surface area contributed by atoms with Gasteiger partial charge in [-0.15, -0.1) is 0 Å². The molecule has 0 N–H and O–H groups in total. The van der Waals surface area contributed by atoms with Crippen molar-refractivity contribution < 1.29 is 19.1 Å². The molecule has 0 radical (unpaired) electrons. The molecule has 0 saturated heterocycles. The average molecular weight is 473 g/mol. The van der Waals surface area contributed by atoms with Crippen molar-refractivity contribution in [3.63, 3.8) is 0 Å². The molecule has 4 aromatic rings. The number of ether oxygens (including phenoxy) is 2. The predicted molar refractivity (Wildman–Crippen MR) is 136 cm³/mol.